The van der Waals surface area contributed by atoms with Crippen molar-refractivity contribution in [3.63, 3.8) is 0 Å². The van der Waals surface area contributed by atoms with Gasteiger partial charge in [0.05, 0.1) is 11.5 Å². The molecule has 3 fully saturated rings. The monoisotopic (exact) mass is 405 g/mol. The van der Waals surface area contributed by atoms with Gasteiger partial charge >= 0.3 is 0 Å². The third kappa shape index (κ3) is 3.64. The highest BCUT2D eigenvalue weighted by molar-refractivity contribution is 5.52. The van der Waals surface area contributed by atoms with E-state index in [-0.39, 0.29) is 17.9 Å². The average molecular weight is 405 g/mol. The lowest BCUT2D eigenvalue weighted by Crippen LogP contribution is -2.53. The molecular weight excluding hydrogens is 382 g/mol. The van der Waals surface area contributed by atoms with E-state index >= 15 is 0 Å². The zero-order valence-corrected chi connectivity index (χ0v) is 16.6. The van der Waals surface area contributed by atoms with Gasteiger partial charge in [-0.2, -0.15) is 0 Å². The fourth-order valence-electron chi connectivity index (χ4n) is 3.82. The number of benzene rings is 1. The summed E-state index contributed by atoms with van der Waals surface area (Å²) in [5, 5.41) is 22.8. The molecule has 0 unspecified atom stereocenters. The van der Waals surface area contributed by atoms with Gasteiger partial charge in [-0.3, -0.25) is 10.1 Å². The minimum atomic E-state index is -1.82. The van der Waals surface area contributed by atoms with Crippen molar-refractivity contribution in [2.24, 2.45) is 0 Å². The van der Waals surface area contributed by atoms with Gasteiger partial charge in [0.15, 0.2) is 29.6 Å². The van der Waals surface area contributed by atoms with Crippen molar-refractivity contribution in [1.82, 2.24) is 0 Å². The molecule has 0 radical (unpaired) electrons. The van der Waals surface area contributed by atoms with Crippen molar-refractivity contribution < 1.29 is 33.7 Å². The number of fused-ring (bicyclic) bond motifs is 1. The first kappa shape index (κ1) is 20.2. The Morgan fingerprint density at radius 2 is 1.83 bits per heavy atom. The Hall–Kier alpha value is -2.06. The van der Waals surface area contributed by atoms with Crippen LogP contribution in [-0.4, -0.2) is 58.4 Å². The zero-order chi connectivity index (χ0) is 21.0. The molecule has 0 amide bonds. The molecular formula is C20H23NO8. The maximum absolute atomic E-state index is 11.6. The van der Waals surface area contributed by atoms with E-state index in [2.05, 4.69) is 11.8 Å². The summed E-state index contributed by atoms with van der Waals surface area (Å²) in [5.74, 6) is 3.70. The summed E-state index contributed by atoms with van der Waals surface area (Å²) in [6.07, 6.45) is -3.31. The van der Waals surface area contributed by atoms with Crippen LogP contribution in [0.3, 0.4) is 0 Å². The van der Waals surface area contributed by atoms with Gasteiger partial charge in [-0.05, 0) is 33.8 Å². The molecule has 0 bridgehead atoms. The summed E-state index contributed by atoms with van der Waals surface area (Å²) in [6, 6.07) is 6.07. The van der Waals surface area contributed by atoms with Crippen LogP contribution < -0.4 is 0 Å². The van der Waals surface area contributed by atoms with E-state index in [9.17, 15) is 15.2 Å². The van der Waals surface area contributed by atoms with Crippen molar-refractivity contribution in [2.45, 2.75) is 69.5 Å². The minimum absolute atomic E-state index is 0.152. The van der Waals surface area contributed by atoms with Crippen molar-refractivity contribution in [2.75, 3.05) is 6.61 Å². The Morgan fingerprint density at radius 1 is 1.10 bits per heavy atom. The first-order chi connectivity index (χ1) is 13.5. The first-order valence-electron chi connectivity index (χ1n) is 9.33. The van der Waals surface area contributed by atoms with Gasteiger partial charge < -0.3 is 28.8 Å². The van der Waals surface area contributed by atoms with Gasteiger partial charge in [0, 0.05) is 6.07 Å². The molecule has 0 aromatic heterocycles. The highest BCUT2D eigenvalue weighted by atomic mass is 16.8. The Balaban J connectivity index is 1.72. The van der Waals surface area contributed by atoms with Crippen LogP contribution in [0, 0.1) is 22.0 Å². The summed E-state index contributed by atoms with van der Waals surface area (Å²) < 4.78 is 29.0. The molecule has 9 nitrogen and oxygen atoms in total. The van der Waals surface area contributed by atoms with E-state index in [1.54, 1.807) is 39.8 Å². The Morgan fingerprint density at radius 3 is 2.48 bits per heavy atom. The highest BCUT2D eigenvalue weighted by Gasteiger charge is 2.65. The topological polar surface area (TPSA) is 110 Å². The fourth-order valence-corrected chi connectivity index (χ4v) is 3.82. The molecule has 1 aromatic rings. The van der Waals surface area contributed by atoms with Gasteiger partial charge in [-0.1, -0.05) is 24.0 Å². The first-order valence-corrected chi connectivity index (χ1v) is 9.33. The number of hydrogen-bond acceptors (Lipinski definition) is 8. The second-order valence-electron chi connectivity index (χ2n) is 8.20. The number of nitro groups is 1. The number of rotatable bonds is 2. The van der Waals surface area contributed by atoms with Crippen LogP contribution in [-0.2, 0) is 23.7 Å². The number of nitrogens with zero attached hydrogens (tertiary/aromatic N) is 1. The van der Waals surface area contributed by atoms with E-state index in [0.717, 1.165) is 0 Å². The van der Waals surface area contributed by atoms with E-state index in [0.29, 0.717) is 0 Å². The Kier molecular flexibility index (Phi) is 4.70. The predicted molar refractivity (Wildman–Crippen MR) is 98.5 cm³/mol. The quantitative estimate of drug-likeness (QED) is 0.450. The lowest BCUT2D eigenvalue weighted by molar-refractivity contribution is -0.385. The van der Waals surface area contributed by atoms with Crippen LogP contribution in [0.25, 0.3) is 0 Å². The molecule has 3 aliphatic heterocycles. The molecule has 4 rings (SSSR count). The Bertz CT molecular complexity index is 888. The molecule has 0 aliphatic carbocycles. The maximum atomic E-state index is 11.6. The average Bonchev–Trinajstić information content (AvgIpc) is 3.23. The van der Waals surface area contributed by atoms with E-state index < -0.39 is 46.7 Å². The lowest BCUT2D eigenvalue weighted by Gasteiger charge is -2.32. The second-order valence-corrected chi connectivity index (χ2v) is 8.20. The summed E-state index contributed by atoms with van der Waals surface area (Å²) in [4.78, 5) is 10.8. The zero-order valence-electron chi connectivity index (χ0n) is 16.6. The van der Waals surface area contributed by atoms with Crippen LogP contribution in [0.15, 0.2) is 24.3 Å². The molecule has 3 aliphatic rings. The van der Waals surface area contributed by atoms with E-state index in [1.807, 2.05) is 0 Å². The van der Waals surface area contributed by atoms with Crippen LogP contribution in [0.4, 0.5) is 5.69 Å². The number of ether oxygens (including phenoxy) is 5. The molecule has 29 heavy (non-hydrogen) atoms. The second kappa shape index (κ2) is 6.74. The molecule has 1 N–H and O–H groups in total. The van der Waals surface area contributed by atoms with Crippen LogP contribution in [0.2, 0.25) is 0 Å². The van der Waals surface area contributed by atoms with Crippen LogP contribution in [0.5, 0.6) is 0 Å². The normalized spacial score (nSPS) is 37.0. The van der Waals surface area contributed by atoms with E-state index in [1.165, 1.54) is 12.1 Å². The van der Waals surface area contributed by atoms with Crippen LogP contribution >= 0.6 is 0 Å². The summed E-state index contributed by atoms with van der Waals surface area (Å²) >= 11 is 0. The fraction of sp³-hybridized carbons (Fsp3) is 0.600. The van der Waals surface area contributed by atoms with Gasteiger partial charge in [0.25, 0.3) is 5.69 Å². The molecule has 156 valence electrons. The largest absolute Gasteiger partial charge is 0.372 e. The van der Waals surface area contributed by atoms with Gasteiger partial charge in [-0.15, -0.1) is 0 Å². The van der Waals surface area contributed by atoms with Gasteiger partial charge in [-0.25, -0.2) is 0 Å². The number of aliphatic hydroxyl groups is 1. The number of hydrogen-bond donors (Lipinski definition) is 1. The van der Waals surface area contributed by atoms with Crippen molar-refractivity contribution in [1.29, 1.82) is 0 Å². The van der Waals surface area contributed by atoms with E-state index in [4.69, 9.17) is 23.7 Å². The highest BCUT2D eigenvalue weighted by Crippen LogP contribution is 2.45. The van der Waals surface area contributed by atoms with Gasteiger partial charge in [0.1, 0.15) is 17.8 Å². The SMILES string of the molecule is CC1(C)OC[C@H]([C@H]2O[C@@H]3OC(C)(C)O[C@@H]3[C@@]2(O)C#Cc2ccccc2[N+](=O)[O-])O1. The summed E-state index contributed by atoms with van der Waals surface area (Å²) in [6.45, 7) is 7.12. The maximum Gasteiger partial charge on any atom is 0.284 e. The molecule has 0 spiro atoms. The lowest BCUT2D eigenvalue weighted by atomic mass is 9.89. The molecule has 0 saturated carbocycles. The number of para-hydroxylation sites is 1. The van der Waals surface area contributed by atoms with Crippen LogP contribution in [0.1, 0.15) is 33.3 Å². The smallest absolute Gasteiger partial charge is 0.284 e. The third-order valence-electron chi connectivity index (χ3n) is 5.07. The molecule has 1 aromatic carbocycles. The van der Waals surface area contributed by atoms with Crippen molar-refractivity contribution in [3.05, 3.63) is 39.9 Å². The predicted octanol–water partition coefficient (Wildman–Crippen LogP) is 1.71. The molecule has 5 atom stereocenters. The number of nitro benzene ring substituents is 1. The van der Waals surface area contributed by atoms with Crippen molar-refractivity contribution >= 4 is 5.69 Å². The van der Waals surface area contributed by atoms with Crippen molar-refractivity contribution in [3.8, 4) is 11.8 Å². The minimum Gasteiger partial charge on any atom is -0.372 e. The molecule has 3 heterocycles. The molecule has 9 heteroatoms. The van der Waals surface area contributed by atoms with Gasteiger partial charge in [0.2, 0.25) is 0 Å². The summed E-state index contributed by atoms with van der Waals surface area (Å²) in [7, 11) is 0. The standard InChI is InChI=1S/C20H23NO8/c1-18(2)25-11-14(27-18)15-20(22,16-17(26-15)29-19(3,4)28-16)10-9-12-7-5-6-8-13(12)21(23)24/h5-8,14-17,22H,11H2,1-4H3/t14-,15-,16+,17-,20-/m1/s1. The Labute approximate surface area is 168 Å². The molecule has 3 saturated heterocycles. The summed E-state index contributed by atoms with van der Waals surface area (Å²) in [5.41, 5.74) is -1.80. The third-order valence-corrected chi connectivity index (χ3v) is 5.07.